The third-order valence-electron chi connectivity index (χ3n) is 3.60. The maximum absolute atomic E-state index is 12.4. The van der Waals surface area contributed by atoms with E-state index in [1.165, 1.54) is 18.4 Å². The minimum atomic E-state index is -0.738. The molecule has 2 rings (SSSR count). The zero-order valence-electron chi connectivity index (χ0n) is 14.0. The van der Waals surface area contributed by atoms with Crippen LogP contribution < -0.4 is 10.6 Å². The molecule has 0 spiro atoms. The lowest BCUT2D eigenvalue weighted by molar-refractivity contribution is -0.141. The second-order valence-electron chi connectivity index (χ2n) is 5.42. The van der Waals surface area contributed by atoms with E-state index >= 15 is 0 Å². The summed E-state index contributed by atoms with van der Waals surface area (Å²) in [5.74, 6) is -1.10. The van der Waals surface area contributed by atoms with Crippen molar-refractivity contribution in [3.63, 3.8) is 0 Å². The first-order valence-corrected chi connectivity index (χ1v) is 8.65. The Balaban J connectivity index is 2.02. The summed E-state index contributed by atoms with van der Waals surface area (Å²) in [6.07, 6.45) is 0.0118. The van der Waals surface area contributed by atoms with E-state index in [0.717, 1.165) is 5.56 Å². The monoisotopic (exact) mass is 360 g/mol. The van der Waals surface area contributed by atoms with Crippen molar-refractivity contribution in [2.24, 2.45) is 0 Å². The van der Waals surface area contributed by atoms with Crippen molar-refractivity contribution in [1.82, 2.24) is 10.6 Å². The van der Waals surface area contributed by atoms with Crippen LogP contribution in [0.25, 0.3) is 0 Å². The number of amides is 2. The molecule has 2 N–H and O–H groups in total. The topological polar surface area (TPSA) is 84.5 Å². The van der Waals surface area contributed by atoms with E-state index in [0.29, 0.717) is 4.88 Å². The van der Waals surface area contributed by atoms with Gasteiger partial charge in [-0.05, 0) is 23.9 Å². The largest absolute Gasteiger partial charge is 0.469 e. The Kier molecular flexibility index (Phi) is 6.71. The summed E-state index contributed by atoms with van der Waals surface area (Å²) in [4.78, 5) is 36.6. The van der Waals surface area contributed by atoms with Crippen molar-refractivity contribution < 1.29 is 19.1 Å². The number of thiophene rings is 1. The van der Waals surface area contributed by atoms with Crippen molar-refractivity contribution in [1.29, 1.82) is 0 Å². The number of esters is 1. The molecule has 25 heavy (non-hydrogen) atoms. The third kappa shape index (κ3) is 5.42. The molecule has 0 aliphatic heterocycles. The number of methoxy groups -OCH3 is 1. The molecule has 1 heterocycles. The molecule has 0 saturated heterocycles. The molecule has 6 nitrogen and oxygen atoms in total. The number of rotatable bonds is 7. The molecule has 0 radical (unpaired) electrons. The van der Waals surface area contributed by atoms with Crippen molar-refractivity contribution in [3.05, 3.63) is 58.3 Å². The van der Waals surface area contributed by atoms with Gasteiger partial charge in [0.1, 0.15) is 6.04 Å². The zero-order valence-corrected chi connectivity index (χ0v) is 14.8. The molecule has 2 atom stereocenters. The molecule has 7 heteroatoms. The summed E-state index contributed by atoms with van der Waals surface area (Å²) in [6.45, 7) is 1.60. The third-order valence-corrected chi connectivity index (χ3v) is 4.47. The Morgan fingerprint density at radius 2 is 1.80 bits per heavy atom. The van der Waals surface area contributed by atoms with Crippen LogP contribution in [-0.4, -0.2) is 30.9 Å². The van der Waals surface area contributed by atoms with Gasteiger partial charge in [-0.15, -0.1) is 11.3 Å². The van der Waals surface area contributed by atoms with Crippen molar-refractivity contribution in [3.8, 4) is 0 Å². The molecule has 0 bridgehead atoms. The fraction of sp³-hybridized carbons (Fsp3) is 0.278. The molecular weight excluding hydrogens is 340 g/mol. The molecule has 0 fully saturated rings. The van der Waals surface area contributed by atoms with Crippen LogP contribution in [0.2, 0.25) is 0 Å². The minimum Gasteiger partial charge on any atom is -0.469 e. The maximum Gasteiger partial charge on any atom is 0.307 e. The first kappa shape index (κ1) is 18.7. The Hall–Kier alpha value is -2.67. The smallest absolute Gasteiger partial charge is 0.307 e. The predicted octanol–water partition coefficient (Wildman–Crippen LogP) is 2.29. The molecular formula is C18H20N2O4S. The van der Waals surface area contributed by atoms with Gasteiger partial charge in [-0.1, -0.05) is 36.4 Å². The Labute approximate surface area is 150 Å². The van der Waals surface area contributed by atoms with E-state index in [1.807, 2.05) is 30.3 Å². The molecule has 132 valence electrons. The van der Waals surface area contributed by atoms with Gasteiger partial charge in [0.05, 0.1) is 24.4 Å². The summed E-state index contributed by atoms with van der Waals surface area (Å²) < 4.78 is 4.70. The highest BCUT2D eigenvalue weighted by Gasteiger charge is 2.23. The maximum atomic E-state index is 12.4. The normalized spacial score (nSPS) is 12.7. The molecule has 2 amide bonds. The molecule has 1 aromatic carbocycles. The summed E-state index contributed by atoms with van der Waals surface area (Å²) in [7, 11) is 1.30. The van der Waals surface area contributed by atoms with E-state index in [9.17, 15) is 14.4 Å². The number of hydrogen-bond acceptors (Lipinski definition) is 5. The minimum absolute atomic E-state index is 0.0118. The summed E-state index contributed by atoms with van der Waals surface area (Å²) in [5, 5.41) is 7.24. The summed E-state index contributed by atoms with van der Waals surface area (Å²) in [5.41, 5.74) is 0.790. The number of hydrogen-bond donors (Lipinski definition) is 2. The van der Waals surface area contributed by atoms with Gasteiger partial charge in [0.25, 0.3) is 5.91 Å². The van der Waals surface area contributed by atoms with E-state index in [4.69, 9.17) is 4.74 Å². The lowest BCUT2D eigenvalue weighted by Crippen LogP contribution is -2.46. The fourth-order valence-electron chi connectivity index (χ4n) is 2.23. The van der Waals surface area contributed by atoms with E-state index in [2.05, 4.69) is 10.6 Å². The van der Waals surface area contributed by atoms with Crippen LogP contribution in [0.5, 0.6) is 0 Å². The van der Waals surface area contributed by atoms with Gasteiger partial charge in [-0.3, -0.25) is 14.4 Å². The predicted molar refractivity (Wildman–Crippen MR) is 95.2 cm³/mol. The van der Waals surface area contributed by atoms with Gasteiger partial charge in [0.2, 0.25) is 5.91 Å². The van der Waals surface area contributed by atoms with Gasteiger partial charge >= 0.3 is 5.97 Å². The Morgan fingerprint density at radius 1 is 1.08 bits per heavy atom. The zero-order chi connectivity index (χ0) is 18.2. The van der Waals surface area contributed by atoms with Gasteiger partial charge in [-0.25, -0.2) is 0 Å². The van der Waals surface area contributed by atoms with Gasteiger partial charge < -0.3 is 15.4 Å². The van der Waals surface area contributed by atoms with Gasteiger partial charge in [0, 0.05) is 0 Å². The molecule has 0 aliphatic carbocycles. The average molecular weight is 360 g/mol. The van der Waals surface area contributed by atoms with Crippen LogP contribution in [0.1, 0.15) is 34.6 Å². The van der Waals surface area contributed by atoms with Crippen LogP contribution in [-0.2, 0) is 14.3 Å². The summed E-state index contributed by atoms with van der Waals surface area (Å²) >= 11 is 1.30. The van der Waals surface area contributed by atoms with E-state index in [-0.39, 0.29) is 18.2 Å². The van der Waals surface area contributed by atoms with Crippen LogP contribution in [0, 0.1) is 0 Å². The summed E-state index contributed by atoms with van der Waals surface area (Å²) in [6, 6.07) is 11.3. The molecule has 0 unspecified atom stereocenters. The number of carbonyl (C=O) groups is 3. The molecule has 2 aromatic rings. The second-order valence-corrected chi connectivity index (χ2v) is 6.37. The Bertz CT molecular complexity index is 716. The van der Waals surface area contributed by atoms with Crippen molar-refractivity contribution in [2.45, 2.75) is 25.4 Å². The Morgan fingerprint density at radius 3 is 2.40 bits per heavy atom. The molecule has 0 aliphatic rings. The molecule has 0 saturated carbocycles. The number of nitrogens with one attached hydrogen (secondary N) is 2. The van der Waals surface area contributed by atoms with Gasteiger partial charge in [-0.2, -0.15) is 0 Å². The highest BCUT2D eigenvalue weighted by atomic mass is 32.1. The first-order valence-electron chi connectivity index (χ1n) is 7.77. The number of ether oxygens (including phenoxy) is 1. The van der Waals surface area contributed by atoms with Crippen LogP contribution >= 0.6 is 11.3 Å². The number of carbonyl (C=O) groups excluding carboxylic acids is 3. The van der Waals surface area contributed by atoms with Crippen molar-refractivity contribution in [2.75, 3.05) is 7.11 Å². The van der Waals surface area contributed by atoms with E-state index in [1.54, 1.807) is 24.4 Å². The second kappa shape index (κ2) is 8.98. The first-order chi connectivity index (χ1) is 12.0. The van der Waals surface area contributed by atoms with Crippen molar-refractivity contribution >= 4 is 29.1 Å². The van der Waals surface area contributed by atoms with Crippen LogP contribution in [0.4, 0.5) is 0 Å². The highest BCUT2D eigenvalue weighted by Crippen LogP contribution is 2.17. The quantitative estimate of drug-likeness (QED) is 0.742. The standard InChI is InChI=1S/C18H20N2O4S/c1-12(19-18(23)15-9-6-10-25-15)17(22)20-14(11-16(21)24-2)13-7-4-3-5-8-13/h3-10,12,14H,11H2,1-2H3,(H,19,23)(H,20,22)/t12-,14+/m0/s1. The van der Waals surface area contributed by atoms with Crippen LogP contribution in [0.3, 0.4) is 0 Å². The lowest BCUT2D eigenvalue weighted by Gasteiger charge is -2.21. The number of benzene rings is 1. The average Bonchev–Trinajstić information content (AvgIpc) is 3.16. The highest BCUT2D eigenvalue weighted by molar-refractivity contribution is 7.12. The lowest BCUT2D eigenvalue weighted by atomic mass is 10.0. The fourth-order valence-corrected chi connectivity index (χ4v) is 2.85. The SMILES string of the molecule is COC(=O)C[C@@H](NC(=O)[C@H](C)NC(=O)c1cccs1)c1ccccc1. The molecule has 1 aromatic heterocycles. The van der Waals surface area contributed by atoms with Gasteiger partial charge in [0.15, 0.2) is 0 Å². The van der Waals surface area contributed by atoms with E-state index < -0.39 is 18.1 Å². The van der Waals surface area contributed by atoms with Crippen LogP contribution in [0.15, 0.2) is 47.8 Å².